The van der Waals surface area contributed by atoms with E-state index in [0.29, 0.717) is 0 Å². The molecule has 0 fully saturated rings. The summed E-state index contributed by atoms with van der Waals surface area (Å²) in [5.74, 6) is 0. The first-order valence-corrected chi connectivity index (χ1v) is 1.60. The van der Waals surface area contributed by atoms with Gasteiger partial charge < -0.3 is 11.0 Å². The van der Waals surface area contributed by atoms with Crippen molar-refractivity contribution in [3.8, 4) is 0 Å². The second-order valence-electron chi connectivity index (χ2n) is 0.101. The normalized spacial score (nSPS) is 2.00. The second kappa shape index (κ2) is 22.6. The minimum absolute atomic E-state index is 0. The van der Waals surface area contributed by atoms with Gasteiger partial charge in [0, 0.05) is 0 Å². The van der Waals surface area contributed by atoms with Gasteiger partial charge in [-0.3, -0.25) is 0 Å². The van der Waals surface area contributed by atoms with E-state index in [0.717, 1.165) is 0 Å². The molecule has 5 heavy (non-hydrogen) atoms. The van der Waals surface area contributed by atoms with Crippen LogP contribution < -0.4 is 0 Å². The Balaban J connectivity index is -0.0000000200. The Hall–Kier alpha value is 0.669. The first kappa shape index (κ1) is 17.3. The van der Waals surface area contributed by atoms with Crippen molar-refractivity contribution in [1.82, 2.24) is 0 Å². The van der Waals surface area contributed by atoms with Crippen LogP contribution in [0.2, 0.25) is 0 Å². The van der Waals surface area contributed by atoms with Gasteiger partial charge in [0.1, 0.15) is 0 Å². The molecule has 0 bridgehead atoms. The summed E-state index contributed by atoms with van der Waals surface area (Å²) >= 11 is 9.53. The van der Waals surface area contributed by atoms with Crippen LogP contribution in [0.1, 0.15) is 0 Å². The molecule has 0 atom stereocenters. The number of hydrogen-bond acceptors (Lipinski definition) is 0. The van der Waals surface area contributed by atoms with E-state index >= 15 is 0 Å². The van der Waals surface area contributed by atoms with E-state index in [2.05, 4.69) is 0 Å². The molecule has 32 valence electrons. The van der Waals surface area contributed by atoms with Gasteiger partial charge in [0.05, 0.1) is 0 Å². The van der Waals surface area contributed by atoms with Crippen molar-refractivity contribution in [2.75, 3.05) is 0 Å². The zero-order valence-corrected chi connectivity index (χ0v) is 3.97. The first-order valence-electron chi connectivity index (χ1n) is 0.535. The maximum atomic E-state index is 4.76. The molecule has 4 N–H and O–H groups in total. The van der Waals surface area contributed by atoms with Crippen molar-refractivity contribution in [3.63, 3.8) is 0 Å². The summed E-state index contributed by atoms with van der Waals surface area (Å²) in [4.78, 5) is 0. The number of rotatable bonds is 0. The summed E-state index contributed by atoms with van der Waals surface area (Å²) in [5.41, 5.74) is 0. The van der Waals surface area contributed by atoms with Gasteiger partial charge >= 0.3 is 29.9 Å². The fraction of sp³-hybridized carbons (Fsp3) is 0. The molecule has 5 heteroatoms. The first-order chi connectivity index (χ1) is 1.41. The van der Waals surface area contributed by atoms with Crippen LogP contribution in [0.5, 0.6) is 0 Å². The van der Waals surface area contributed by atoms with Gasteiger partial charge in [-0.15, -0.1) is 0 Å². The van der Waals surface area contributed by atoms with E-state index in [9.17, 15) is 0 Å². The molecule has 0 aliphatic heterocycles. The Morgan fingerprint density at radius 1 is 1.00 bits per heavy atom. The van der Waals surface area contributed by atoms with Gasteiger partial charge in [0.15, 0.2) is 0 Å². The van der Waals surface area contributed by atoms with E-state index in [1.165, 1.54) is 0 Å². The number of halogens is 2. The van der Waals surface area contributed by atoms with Crippen molar-refractivity contribution in [3.05, 3.63) is 0 Å². The van der Waals surface area contributed by atoms with E-state index in [1.807, 2.05) is 0 Å². The van der Waals surface area contributed by atoms with Crippen molar-refractivity contribution in [2.24, 2.45) is 0 Å². The predicted molar refractivity (Wildman–Crippen MR) is 24.7 cm³/mol. The Morgan fingerprint density at radius 3 is 1.00 bits per heavy atom. The summed E-state index contributed by atoms with van der Waals surface area (Å²) in [6, 6.07) is 0. The summed E-state index contributed by atoms with van der Waals surface area (Å²) in [6.45, 7) is 0. The van der Waals surface area contributed by atoms with Gasteiger partial charge in [-0.25, -0.2) is 0 Å². The van der Waals surface area contributed by atoms with Crippen molar-refractivity contribution >= 4 is 29.9 Å². The third-order valence-electron chi connectivity index (χ3n) is 0. The fourth-order valence-electron chi connectivity index (χ4n) is 0. The molecule has 0 unspecified atom stereocenters. The van der Waals surface area contributed by atoms with E-state index in [-0.39, 0.29) is 18.4 Å². The molecule has 0 rings (SSSR count). The second-order valence-corrected chi connectivity index (χ2v) is 0.909. The Labute approximate surface area is 41.5 Å². The maximum absolute atomic E-state index is 4.76. The quantitative estimate of drug-likeness (QED) is 0.377. The van der Waals surface area contributed by atoms with Crippen molar-refractivity contribution in [1.29, 1.82) is 0 Å². The standard InChI is InChI=1S/Be.2ClH.2H2O/h;2*1H;2*1H2/q+2;;;;/p-2. The van der Waals surface area contributed by atoms with Crippen LogP contribution in [-0.4, -0.2) is 18.4 Å². The zero-order valence-electron chi connectivity index (χ0n) is 2.46. The molecule has 0 aromatic carbocycles. The van der Waals surface area contributed by atoms with Crippen LogP contribution in [-0.2, 0) is 0 Å². The van der Waals surface area contributed by atoms with Crippen LogP contribution >= 0.6 is 22.4 Å². The predicted octanol–water partition coefficient (Wildman–Crippen LogP) is -0.651. The molecule has 0 radical (unpaired) electrons. The number of hydrogen-bond donors (Lipinski definition) is 0. The van der Waals surface area contributed by atoms with Gasteiger partial charge in [0.2, 0.25) is 0 Å². The van der Waals surface area contributed by atoms with Gasteiger partial charge in [0.25, 0.3) is 0 Å². The van der Waals surface area contributed by atoms with Crippen molar-refractivity contribution < 1.29 is 11.0 Å². The molecular formula is H4BeCl2O2. The molecule has 0 spiro atoms. The average Bonchev–Trinajstić information content (AvgIpc) is 0.918. The minimum atomic E-state index is 0. The zero-order chi connectivity index (χ0) is 2.71. The molecule has 0 saturated heterocycles. The van der Waals surface area contributed by atoms with Gasteiger partial charge in [-0.1, -0.05) is 0 Å². The van der Waals surface area contributed by atoms with Crippen molar-refractivity contribution in [2.45, 2.75) is 0 Å². The molecule has 0 aliphatic rings. The Bertz CT molecular complexity index is 7.61. The van der Waals surface area contributed by atoms with E-state index in [4.69, 9.17) is 22.4 Å². The SMILES string of the molecule is O.O.[Cl][Be][Cl]. The molecule has 0 aliphatic carbocycles. The van der Waals surface area contributed by atoms with Crippen LogP contribution in [0.4, 0.5) is 0 Å². The summed E-state index contributed by atoms with van der Waals surface area (Å²) < 4.78 is 0. The van der Waals surface area contributed by atoms with Crippen LogP contribution in [0, 0.1) is 0 Å². The van der Waals surface area contributed by atoms with Crippen LogP contribution in [0.25, 0.3) is 0 Å². The van der Waals surface area contributed by atoms with E-state index in [1.54, 1.807) is 0 Å². The molecule has 2 nitrogen and oxygen atoms in total. The molecule has 0 aromatic rings. The summed E-state index contributed by atoms with van der Waals surface area (Å²) in [7, 11) is 0.194. The molecular weight excluding hydrogens is 112 g/mol. The van der Waals surface area contributed by atoms with Gasteiger partial charge in [-0.2, -0.15) is 0 Å². The third kappa shape index (κ3) is 74.3. The van der Waals surface area contributed by atoms with Gasteiger partial charge in [-0.05, 0) is 0 Å². The summed E-state index contributed by atoms with van der Waals surface area (Å²) in [5, 5.41) is 0. The Kier molecular flexibility index (Phi) is 78.3. The molecule has 0 amide bonds. The molecule has 0 heterocycles. The fourth-order valence-corrected chi connectivity index (χ4v) is 0. The molecule has 0 saturated carbocycles. The molecule has 0 aromatic heterocycles. The monoisotopic (exact) mass is 115 g/mol. The summed E-state index contributed by atoms with van der Waals surface area (Å²) in [6.07, 6.45) is 0. The van der Waals surface area contributed by atoms with Crippen LogP contribution in [0.3, 0.4) is 0 Å². The third-order valence-corrected chi connectivity index (χ3v) is 0. The average molecular weight is 116 g/mol. The van der Waals surface area contributed by atoms with Crippen LogP contribution in [0.15, 0.2) is 0 Å². The van der Waals surface area contributed by atoms with E-state index < -0.39 is 0 Å². The Morgan fingerprint density at radius 2 is 1.00 bits per heavy atom. The topological polar surface area (TPSA) is 63.0 Å².